The van der Waals surface area contributed by atoms with E-state index in [-0.39, 0.29) is 5.60 Å². The van der Waals surface area contributed by atoms with Gasteiger partial charge < -0.3 is 4.74 Å². The molecule has 0 radical (unpaired) electrons. The molecule has 0 saturated heterocycles. The summed E-state index contributed by atoms with van der Waals surface area (Å²) in [6.07, 6.45) is 0.894. The molecule has 0 fully saturated rings. The quantitative estimate of drug-likeness (QED) is 0.828. The van der Waals surface area contributed by atoms with Gasteiger partial charge in [-0.25, -0.2) is 0 Å². The molecule has 5 heteroatoms. The van der Waals surface area contributed by atoms with Gasteiger partial charge in [-0.05, 0) is 29.3 Å². The average Bonchev–Trinajstić information content (AvgIpc) is 2.51. The van der Waals surface area contributed by atoms with Crippen LogP contribution in [0, 0.1) is 0 Å². The summed E-state index contributed by atoms with van der Waals surface area (Å²) >= 11 is 4.79. The van der Waals surface area contributed by atoms with Gasteiger partial charge in [0.15, 0.2) is 3.92 Å². The van der Waals surface area contributed by atoms with Crippen molar-refractivity contribution in [3.05, 3.63) is 8.92 Å². The predicted octanol–water partition coefficient (Wildman–Crippen LogP) is 2.57. The maximum absolute atomic E-state index is 5.37. The zero-order valence-corrected chi connectivity index (χ0v) is 9.70. The van der Waals surface area contributed by atoms with Crippen LogP contribution in [0.25, 0.3) is 0 Å². The van der Waals surface area contributed by atoms with Crippen LogP contribution >= 0.6 is 27.3 Å². The lowest BCUT2D eigenvalue weighted by Crippen LogP contribution is -2.22. The molecule has 68 valence electrons. The van der Waals surface area contributed by atoms with Gasteiger partial charge in [-0.3, -0.25) is 0 Å². The highest BCUT2D eigenvalue weighted by Gasteiger charge is 2.28. The Kier molecular flexibility index (Phi) is 3.20. The van der Waals surface area contributed by atoms with Crippen LogP contribution in [0.3, 0.4) is 0 Å². The van der Waals surface area contributed by atoms with Gasteiger partial charge in [0.1, 0.15) is 10.6 Å². The van der Waals surface area contributed by atoms with Crippen molar-refractivity contribution in [2.45, 2.75) is 25.9 Å². The molecular weight excluding hydrogens is 240 g/mol. The second-order valence-corrected chi connectivity index (χ2v) is 4.90. The Morgan fingerprint density at radius 2 is 2.25 bits per heavy atom. The number of ether oxygens (including phenoxy) is 1. The Bertz CT molecular complexity index is 260. The van der Waals surface area contributed by atoms with E-state index in [1.165, 1.54) is 11.3 Å². The summed E-state index contributed by atoms with van der Waals surface area (Å²) in [7, 11) is 1.69. The molecular formula is C7H11BrN2OS. The third-order valence-electron chi connectivity index (χ3n) is 1.98. The summed E-state index contributed by atoms with van der Waals surface area (Å²) in [4.78, 5) is 0. The van der Waals surface area contributed by atoms with E-state index < -0.39 is 0 Å². The summed E-state index contributed by atoms with van der Waals surface area (Å²) in [6.45, 7) is 4.08. The largest absolute Gasteiger partial charge is 0.371 e. The second-order valence-electron chi connectivity index (χ2n) is 2.65. The molecule has 0 N–H and O–H groups in total. The maximum Gasteiger partial charge on any atom is 0.183 e. The maximum atomic E-state index is 5.37. The van der Waals surface area contributed by atoms with Crippen LogP contribution in [-0.2, 0) is 10.3 Å². The summed E-state index contributed by atoms with van der Waals surface area (Å²) in [5.74, 6) is 0. The third kappa shape index (κ3) is 1.84. The number of rotatable bonds is 3. The first kappa shape index (κ1) is 10.1. The van der Waals surface area contributed by atoms with Crippen LogP contribution in [0.5, 0.6) is 0 Å². The summed E-state index contributed by atoms with van der Waals surface area (Å²) in [6, 6.07) is 0. The van der Waals surface area contributed by atoms with Gasteiger partial charge in [-0.1, -0.05) is 18.3 Å². The second kappa shape index (κ2) is 3.81. The number of hydrogen-bond acceptors (Lipinski definition) is 4. The first-order chi connectivity index (χ1) is 5.62. The van der Waals surface area contributed by atoms with Crippen LogP contribution in [0.4, 0.5) is 0 Å². The average molecular weight is 251 g/mol. The fourth-order valence-electron chi connectivity index (χ4n) is 0.802. The molecule has 1 atom stereocenters. The van der Waals surface area contributed by atoms with Crippen molar-refractivity contribution >= 4 is 27.3 Å². The highest BCUT2D eigenvalue weighted by Crippen LogP contribution is 2.31. The Morgan fingerprint density at radius 3 is 2.58 bits per heavy atom. The molecule has 1 aromatic rings. The van der Waals surface area contributed by atoms with Crippen LogP contribution in [0.2, 0.25) is 0 Å². The van der Waals surface area contributed by atoms with Crippen LogP contribution in [0.1, 0.15) is 25.3 Å². The van der Waals surface area contributed by atoms with Gasteiger partial charge in [0.2, 0.25) is 0 Å². The SMILES string of the molecule is CCC(C)(OC)c1nnc(Br)s1. The van der Waals surface area contributed by atoms with E-state index >= 15 is 0 Å². The highest BCUT2D eigenvalue weighted by atomic mass is 79.9. The lowest BCUT2D eigenvalue weighted by atomic mass is 10.1. The van der Waals surface area contributed by atoms with E-state index in [1.807, 2.05) is 6.92 Å². The molecule has 1 aromatic heterocycles. The molecule has 1 rings (SSSR count). The normalized spacial score (nSPS) is 16.0. The first-order valence-corrected chi connectivity index (χ1v) is 5.28. The van der Waals surface area contributed by atoms with E-state index in [9.17, 15) is 0 Å². The van der Waals surface area contributed by atoms with Gasteiger partial charge in [0, 0.05) is 7.11 Å². The van der Waals surface area contributed by atoms with Crippen molar-refractivity contribution in [3.8, 4) is 0 Å². The predicted molar refractivity (Wildman–Crippen MR) is 52.3 cm³/mol. The van der Waals surface area contributed by atoms with E-state index in [1.54, 1.807) is 7.11 Å². The van der Waals surface area contributed by atoms with E-state index in [2.05, 4.69) is 33.1 Å². The molecule has 0 aliphatic heterocycles. The fourth-order valence-corrected chi connectivity index (χ4v) is 2.11. The van der Waals surface area contributed by atoms with Crippen molar-refractivity contribution in [3.63, 3.8) is 0 Å². The number of nitrogens with zero attached hydrogens (tertiary/aromatic N) is 2. The molecule has 1 unspecified atom stereocenters. The Balaban J connectivity index is 2.94. The molecule has 0 aliphatic carbocycles. The minimum atomic E-state index is -0.288. The number of methoxy groups -OCH3 is 1. The van der Waals surface area contributed by atoms with Crippen molar-refractivity contribution < 1.29 is 4.74 Å². The van der Waals surface area contributed by atoms with Crippen molar-refractivity contribution in [2.75, 3.05) is 7.11 Å². The van der Waals surface area contributed by atoms with Crippen LogP contribution in [-0.4, -0.2) is 17.3 Å². The standard InChI is InChI=1S/C7H11BrN2OS/c1-4-7(2,11-3)5-9-10-6(8)12-5/h4H2,1-3H3. The summed E-state index contributed by atoms with van der Waals surface area (Å²) < 4.78 is 6.17. The summed E-state index contributed by atoms with van der Waals surface area (Å²) in [5, 5.41) is 8.83. The first-order valence-electron chi connectivity index (χ1n) is 3.67. The minimum absolute atomic E-state index is 0.288. The molecule has 12 heavy (non-hydrogen) atoms. The number of aromatic nitrogens is 2. The Morgan fingerprint density at radius 1 is 1.58 bits per heavy atom. The van der Waals surface area contributed by atoms with E-state index in [0.717, 1.165) is 15.3 Å². The smallest absolute Gasteiger partial charge is 0.183 e. The number of hydrogen-bond donors (Lipinski definition) is 0. The monoisotopic (exact) mass is 250 g/mol. The third-order valence-corrected chi connectivity index (χ3v) is 3.58. The van der Waals surface area contributed by atoms with Gasteiger partial charge in [0.25, 0.3) is 0 Å². The molecule has 1 heterocycles. The van der Waals surface area contributed by atoms with E-state index in [4.69, 9.17) is 4.74 Å². The Labute approximate surface area is 84.3 Å². The molecule has 0 bridgehead atoms. The van der Waals surface area contributed by atoms with Crippen LogP contribution < -0.4 is 0 Å². The molecule has 0 aromatic carbocycles. The van der Waals surface area contributed by atoms with Crippen molar-refractivity contribution in [1.82, 2.24) is 10.2 Å². The zero-order valence-electron chi connectivity index (χ0n) is 7.30. The topological polar surface area (TPSA) is 35.0 Å². The summed E-state index contributed by atoms with van der Waals surface area (Å²) in [5.41, 5.74) is -0.288. The van der Waals surface area contributed by atoms with Gasteiger partial charge in [0.05, 0.1) is 0 Å². The van der Waals surface area contributed by atoms with Crippen molar-refractivity contribution in [1.29, 1.82) is 0 Å². The van der Waals surface area contributed by atoms with Gasteiger partial charge >= 0.3 is 0 Å². The zero-order chi connectivity index (χ0) is 9.19. The molecule has 0 saturated carbocycles. The van der Waals surface area contributed by atoms with Crippen molar-refractivity contribution in [2.24, 2.45) is 0 Å². The highest BCUT2D eigenvalue weighted by molar-refractivity contribution is 9.11. The van der Waals surface area contributed by atoms with Gasteiger partial charge in [-0.2, -0.15) is 0 Å². The van der Waals surface area contributed by atoms with Gasteiger partial charge in [-0.15, -0.1) is 10.2 Å². The van der Waals surface area contributed by atoms with Crippen LogP contribution in [0.15, 0.2) is 3.92 Å². The fraction of sp³-hybridized carbons (Fsp3) is 0.714. The minimum Gasteiger partial charge on any atom is -0.371 e. The molecule has 0 amide bonds. The lowest BCUT2D eigenvalue weighted by Gasteiger charge is -2.22. The van der Waals surface area contributed by atoms with E-state index in [0.29, 0.717) is 0 Å². The number of halogens is 1. The Hall–Kier alpha value is -0.0000000000000000833. The molecule has 0 aliphatic rings. The molecule has 3 nitrogen and oxygen atoms in total. The lowest BCUT2D eigenvalue weighted by molar-refractivity contribution is -0.00207. The molecule has 0 spiro atoms.